The highest BCUT2D eigenvalue weighted by Gasteiger charge is 2.17. The van der Waals surface area contributed by atoms with Gasteiger partial charge in [-0.25, -0.2) is 9.97 Å². The lowest BCUT2D eigenvalue weighted by molar-refractivity contribution is 0.834. The highest BCUT2D eigenvalue weighted by Crippen LogP contribution is 2.25. The van der Waals surface area contributed by atoms with Crippen LogP contribution in [0.3, 0.4) is 0 Å². The highest BCUT2D eigenvalue weighted by atomic mass is 15.1. The van der Waals surface area contributed by atoms with E-state index in [2.05, 4.69) is 22.5 Å². The third-order valence-corrected chi connectivity index (χ3v) is 3.59. The first kappa shape index (κ1) is 11.4. The van der Waals surface area contributed by atoms with Gasteiger partial charge in [0.2, 0.25) is 0 Å². The van der Waals surface area contributed by atoms with Gasteiger partial charge in [-0.15, -0.1) is 0 Å². The van der Waals surface area contributed by atoms with E-state index in [0.717, 1.165) is 36.5 Å². The van der Waals surface area contributed by atoms with Gasteiger partial charge in [-0.1, -0.05) is 6.92 Å². The molecule has 0 saturated heterocycles. The number of imidazole rings is 1. The fourth-order valence-electron chi connectivity index (χ4n) is 2.66. The third-order valence-electron chi connectivity index (χ3n) is 3.59. The monoisotopic (exact) mass is 242 g/mol. The summed E-state index contributed by atoms with van der Waals surface area (Å²) in [5.41, 5.74) is 9.59. The van der Waals surface area contributed by atoms with Crippen LogP contribution in [-0.4, -0.2) is 14.5 Å². The Kier molecular flexibility index (Phi) is 2.88. The van der Waals surface area contributed by atoms with Crippen LogP contribution in [0.15, 0.2) is 18.5 Å². The van der Waals surface area contributed by atoms with Crippen LogP contribution < -0.4 is 5.73 Å². The molecule has 0 saturated carbocycles. The number of nitrogens with two attached hydrogens (primary N) is 1. The molecule has 4 nitrogen and oxygen atoms in total. The molecule has 0 atom stereocenters. The molecule has 3 rings (SSSR count). The zero-order valence-electron chi connectivity index (χ0n) is 10.7. The van der Waals surface area contributed by atoms with Crippen LogP contribution >= 0.6 is 0 Å². The lowest BCUT2D eigenvalue weighted by atomic mass is 10.1. The van der Waals surface area contributed by atoms with Gasteiger partial charge in [-0.2, -0.15) is 0 Å². The van der Waals surface area contributed by atoms with Gasteiger partial charge in [-0.05, 0) is 30.9 Å². The van der Waals surface area contributed by atoms with Crippen molar-refractivity contribution in [1.82, 2.24) is 14.5 Å². The van der Waals surface area contributed by atoms with E-state index >= 15 is 0 Å². The van der Waals surface area contributed by atoms with Crippen molar-refractivity contribution < 1.29 is 0 Å². The number of hydrogen-bond donors (Lipinski definition) is 1. The van der Waals surface area contributed by atoms with E-state index in [9.17, 15) is 0 Å². The van der Waals surface area contributed by atoms with Gasteiger partial charge >= 0.3 is 0 Å². The number of aromatic nitrogens is 3. The van der Waals surface area contributed by atoms with Gasteiger partial charge in [0.25, 0.3) is 0 Å². The number of rotatable bonds is 3. The summed E-state index contributed by atoms with van der Waals surface area (Å²) in [5, 5.41) is 0. The molecule has 1 aliphatic carbocycles. The smallest absolute Gasteiger partial charge is 0.142 e. The van der Waals surface area contributed by atoms with E-state index < -0.39 is 0 Å². The molecule has 0 amide bonds. The summed E-state index contributed by atoms with van der Waals surface area (Å²) in [4.78, 5) is 9.18. The maximum absolute atomic E-state index is 5.87. The number of hydrogen-bond acceptors (Lipinski definition) is 3. The van der Waals surface area contributed by atoms with E-state index in [1.165, 1.54) is 17.7 Å². The van der Waals surface area contributed by atoms with E-state index in [1.54, 1.807) is 0 Å². The van der Waals surface area contributed by atoms with Crippen molar-refractivity contribution in [3.63, 3.8) is 0 Å². The number of fused-ring (bicyclic) bond motifs is 1. The summed E-state index contributed by atoms with van der Waals surface area (Å²) < 4.78 is 2.07. The maximum Gasteiger partial charge on any atom is 0.142 e. The molecular weight excluding hydrogens is 224 g/mol. The molecule has 0 unspecified atom stereocenters. The minimum atomic E-state index is 0.525. The molecule has 1 aliphatic rings. The van der Waals surface area contributed by atoms with Gasteiger partial charge in [0.1, 0.15) is 11.6 Å². The summed E-state index contributed by atoms with van der Waals surface area (Å²) in [6.45, 7) is 2.63. The molecule has 2 N–H and O–H groups in total. The molecule has 0 radical (unpaired) electrons. The zero-order chi connectivity index (χ0) is 12.5. The van der Waals surface area contributed by atoms with Gasteiger partial charge < -0.3 is 5.73 Å². The number of nitrogens with zero attached hydrogens (tertiary/aromatic N) is 3. The van der Waals surface area contributed by atoms with E-state index in [-0.39, 0.29) is 0 Å². The fraction of sp³-hybridized carbons (Fsp3) is 0.429. The van der Waals surface area contributed by atoms with Crippen molar-refractivity contribution in [2.45, 2.75) is 39.2 Å². The van der Waals surface area contributed by atoms with Crippen LogP contribution in [0.2, 0.25) is 0 Å². The molecule has 0 fully saturated rings. The highest BCUT2D eigenvalue weighted by molar-refractivity contribution is 5.42. The van der Waals surface area contributed by atoms with Crippen LogP contribution in [0.1, 0.15) is 36.0 Å². The molecular formula is C14H18N4. The Morgan fingerprint density at radius 1 is 1.39 bits per heavy atom. The Bertz CT molecular complexity index is 571. The summed E-state index contributed by atoms with van der Waals surface area (Å²) >= 11 is 0. The maximum atomic E-state index is 5.87. The predicted octanol–water partition coefficient (Wildman–Crippen LogP) is 1.78. The largest absolute Gasteiger partial charge is 0.326 e. The molecule has 0 spiro atoms. The van der Waals surface area contributed by atoms with Gasteiger partial charge in [0.15, 0.2) is 0 Å². The summed E-state index contributed by atoms with van der Waals surface area (Å²) in [6, 6.07) is 2.23. The van der Waals surface area contributed by atoms with E-state index in [4.69, 9.17) is 10.7 Å². The second-order valence-electron chi connectivity index (χ2n) is 4.70. The Labute approximate surface area is 107 Å². The predicted molar refractivity (Wildman–Crippen MR) is 70.7 cm³/mol. The Balaban J connectivity index is 2.16. The van der Waals surface area contributed by atoms with E-state index in [0.29, 0.717) is 6.54 Å². The minimum Gasteiger partial charge on any atom is -0.326 e. The molecule has 4 heteroatoms. The average Bonchev–Trinajstić information content (AvgIpc) is 3.04. The minimum absolute atomic E-state index is 0.525. The van der Waals surface area contributed by atoms with Crippen LogP contribution in [0, 0.1) is 0 Å². The van der Waals surface area contributed by atoms with Crippen molar-refractivity contribution in [2.75, 3.05) is 0 Å². The Hall–Kier alpha value is -1.68. The van der Waals surface area contributed by atoms with Crippen LogP contribution in [0.25, 0.3) is 5.82 Å². The van der Waals surface area contributed by atoms with Crippen LogP contribution in [-0.2, 0) is 25.8 Å². The normalized spacial score (nSPS) is 13.9. The fourth-order valence-corrected chi connectivity index (χ4v) is 2.66. The molecule has 2 aromatic rings. The van der Waals surface area contributed by atoms with Crippen molar-refractivity contribution >= 4 is 0 Å². The molecule has 2 aromatic heterocycles. The van der Waals surface area contributed by atoms with Crippen molar-refractivity contribution in [1.29, 1.82) is 0 Å². The quantitative estimate of drug-likeness (QED) is 0.892. The lowest BCUT2D eigenvalue weighted by Crippen LogP contribution is -2.10. The van der Waals surface area contributed by atoms with Crippen LogP contribution in [0.4, 0.5) is 0 Å². The topological polar surface area (TPSA) is 56.7 Å². The first-order valence-corrected chi connectivity index (χ1v) is 6.57. The molecule has 0 aliphatic heterocycles. The average molecular weight is 242 g/mol. The Morgan fingerprint density at radius 2 is 2.28 bits per heavy atom. The third kappa shape index (κ3) is 1.73. The first-order valence-electron chi connectivity index (χ1n) is 6.57. The van der Waals surface area contributed by atoms with Crippen molar-refractivity contribution in [3.8, 4) is 5.82 Å². The van der Waals surface area contributed by atoms with Gasteiger partial charge in [-0.3, -0.25) is 4.57 Å². The van der Waals surface area contributed by atoms with Crippen molar-refractivity contribution in [2.24, 2.45) is 5.73 Å². The summed E-state index contributed by atoms with van der Waals surface area (Å²) in [6.07, 6.45) is 8.13. The van der Waals surface area contributed by atoms with Crippen molar-refractivity contribution in [3.05, 3.63) is 41.1 Å². The Morgan fingerprint density at radius 3 is 3.06 bits per heavy atom. The molecule has 2 heterocycles. The molecule has 18 heavy (non-hydrogen) atoms. The standard InChI is InChI=1S/C14H18N4/c1-2-13-16-6-7-18(13)14-11(9-15)8-10-4-3-5-12(10)17-14/h6-8H,2-5,9,15H2,1H3. The molecule has 94 valence electrons. The summed E-state index contributed by atoms with van der Waals surface area (Å²) in [7, 11) is 0. The lowest BCUT2D eigenvalue weighted by Gasteiger charge is -2.12. The summed E-state index contributed by atoms with van der Waals surface area (Å²) in [5.74, 6) is 2.00. The second kappa shape index (κ2) is 4.53. The molecule has 0 aromatic carbocycles. The van der Waals surface area contributed by atoms with Gasteiger partial charge in [0.05, 0.1) is 0 Å². The zero-order valence-corrected chi connectivity index (χ0v) is 10.7. The number of pyridine rings is 1. The van der Waals surface area contributed by atoms with E-state index in [1.807, 2.05) is 12.4 Å². The SMILES string of the molecule is CCc1nccn1-c1nc2c(cc1CN)CCC2. The second-order valence-corrected chi connectivity index (χ2v) is 4.70. The molecule has 0 bridgehead atoms. The first-order chi connectivity index (χ1) is 8.83. The number of aryl methyl sites for hydroxylation is 3. The van der Waals surface area contributed by atoms with Crippen LogP contribution in [0.5, 0.6) is 0 Å². The van der Waals surface area contributed by atoms with Gasteiger partial charge in [0, 0.05) is 36.6 Å².